The first-order valence-electron chi connectivity index (χ1n) is 9.34. The molecular weight excluding hydrogens is 350 g/mol. The maximum Gasteiger partial charge on any atom is 0.255 e. The Bertz CT molecular complexity index is 954. The average molecular weight is 375 g/mol. The lowest BCUT2D eigenvalue weighted by Gasteiger charge is -2.15. The number of carbonyl (C=O) groups excluding carboxylic acids is 1. The highest BCUT2D eigenvalue weighted by atomic mass is 16.5. The minimum absolute atomic E-state index is 0.0243. The van der Waals surface area contributed by atoms with Gasteiger partial charge in [0.05, 0.1) is 11.8 Å². The first-order valence-corrected chi connectivity index (χ1v) is 9.34. The maximum atomic E-state index is 12.7. The van der Waals surface area contributed by atoms with Crippen LogP contribution in [-0.2, 0) is 6.54 Å². The summed E-state index contributed by atoms with van der Waals surface area (Å²) >= 11 is 0. The zero-order chi connectivity index (χ0) is 19.9. The molecule has 3 aromatic rings. The number of ether oxygens (including phenoxy) is 1. The van der Waals surface area contributed by atoms with E-state index in [2.05, 4.69) is 34.7 Å². The van der Waals surface area contributed by atoms with Gasteiger partial charge in [-0.3, -0.25) is 4.79 Å². The molecule has 2 N–H and O–H groups in total. The molecule has 0 bridgehead atoms. The molecule has 0 radical (unpaired) electrons. The number of para-hydroxylation sites is 2. The summed E-state index contributed by atoms with van der Waals surface area (Å²) in [5, 5.41) is 6.21. The molecule has 0 aliphatic rings. The van der Waals surface area contributed by atoms with Crippen molar-refractivity contribution >= 4 is 17.4 Å². The fourth-order valence-electron chi connectivity index (χ4n) is 2.78. The highest BCUT2D eigenvalue weighted by molar-refractivity contribution is 6.05. The van der Waals surface area contributed by atoms with E-state index in [9.17, 15) is 4.79 Å². The van der Waals surface area contributed by atoms with Gasteiger partial charge in [0, 0.05) is 18.3 Å². The van der Waals surface area contributed by atoms with Gasteiger partial charge in [-0.05, 0) is 56.2 Å². The van der Waals surface area contributed by atoms with Crippen molar-refractivity contribution in [2.24, 2.45) is 0 Å². The summed E-state index contributed by atoms with van der Waals surface area (Å²) in [6.07, 6.45) is 1.65. The molecule has 1 aromatic heterocycles. The van der Waals surface area contributed by atoms with E-state index >= 15 is 0 Å². The molecule has 144 valence electrons. The lowest BCUT2D eigenvalue weighted by Crippen LogP contribution is -2.15. The number of nitrogens with one attached hydrogen (secondary N) is 2. The van der Waals surface area contributed by atoms with Gasteiger partial charge in [-0.25, -0.2) is 4.98 Å². The van der Waals surface area contributed by atoms with Crippen LogP contribution in [0.15, 0.2) is 66.9 Å². The third kappa shape index (κ3) is 5.10. The maximum absolute atomic E-state index is 12.7. The van der Waals surface area contributed by atoms with Crippen LogP contribution in [0.5, 0.6) is 5.75 Å². The largest absolute Gasteiger partial charge is 0.489 e. The van der Waals surface area contributed by atoms with Gasteiger partial charge in [0.15, 0.2) is 0 Å². The fourth-order valence-corrected chi connectivity index (χ4v) is 2.78. The normalized spacial score (nSPS) is 10.6. The highest BCUT2D eigenvalue weighted by Crippen LogP contribution is 2.25. The van der Waals surface area contributed by atoms with E-state index in [1.54, 1.807) is 18.3 Å². The molecule has 0 saturated heterocycles. The average Bonchev–Trinajstić information content (AvgIpc) is 2.69. The molecule has 28 heavy (non-hydrogen) atoms. The van der Waals surface area contributed by atoms with Gasteiger partial charge in [0.2, 0.25) is 0 Å². The fraction of sp³-hybridized carbons (Fsp3) is 0.217. The highest BCUT2D eigenvalue weighted by Gasteiger charge is 2.11. The lowest BCUT2D eigenvalue weighted by molar-refractivity contribution is 0.102. The first-order chi connectivity index (χ1) is 13.5. The number of hydrogen-bond acceptors (Lipinski definition) is 4. The van der Waals surface area contributed by atoms with E-state index in [0.717, 1.165) is 0 Å². The smallest absolute Gasteiger partial charge is 0.255 e. The number of rotatable bonds is 7. The van der Waals surface area contributed by atoms with Crippen molar-refractivity contribution in [1.82, 2.24) is 4.98 Å². The second-order valence-electron chi connectivity index (χ2n) is 6.83. The molecule has 0 atom stereocenters. The number of aromatic nitrogens is 1. The van der Waals surface area contributed by atoms with E-state index in [1.165, 1.54) is 11.1 Å². The van der Waals surface area contributed by atoms with Crippen LogP contribution >= 0.6 is 0 Å². The Labute approximate surface area is 165 Å². The summed E-state index contributed by atoms with van der Waals surface area (Å²) in [5.41, 5.74) is 3.58. The first kappa shape index (κ1) is 19.4. The summed E-state index contributed by atoms with van der Waals surface area (Å²) in [7, 11) is 0. The molecule has 2 aromatic carbocycles. The zero-order valence-corrected chi connectivity index (χ0v) is 16.4. The topological polar surface area (TPSA) is 63.2 Å². The van der Waals surface area contributed by atoms with Gasteiger partial charge in [-0.2, -0.15) is 0 Å². The third-order valence-corrected chi connectivity index (χ3v) is 4.24. The molecule has 3 rings (SSSR count). The minimum Gasteiger partial charge on any atom is -0.489 e. The van der Waals surface area contributed by atoms with E-state index in [4.69, 9.17) is 4.74 Å². The van der Waals surface area contributed by atoms with E-state index in [-0.39, 0.29) is 12.0 Å². The lowest BCUT2D eigenvalue weighted by atomic mass is 10.1. The molecule has 0 unspecified atom stereocenters. The van der Waals surface area contributed by atoms with Crippen molar-refractivity contribution in [3.05, 3.63) is 83.6 Å². The van der Waals surface area contributed by atoms with Crippen molar-refractivity contribution in [1.29, 1.82) is 0 Å². The second kappa shape index (κ2) is 9.04. The van der Waals surface area contributed by atoms with Gasteiger partial charge in [0.1, 0.15) is 11.6 Å². The van der Waals surface area contributed by atoms with Gasteiger partial charge in [-0.15, -0.1) is 0 Å². The van der Waals surface area contributed by atoms with Gasteiger partial charge in [0.25, 0.3) is 5.91 Å². The Kier molecular flexibility index (Phi) is 6.27. The molecule has 0 saturated carbocycles. The van der Waals surface area contributed by atoms with Crippen molar-refractivity contribution in [2.45, 2.75) is 33.4 Å². The van der Waals surface area contributed by atoms with Crippen LogP contribution in [0, 0.1) is 6.92 Å². The minimum atomic E-state index is -0.207. The number of aryl methyl sites for hydroxylation is 1. The van der Waals surface area contributed by atoms with Gasteiger partial charge >= 0.3 is 0 Å². The number of anilines is 2. The molecule has 0 fully saturated rings. The van der Waals surface area contributed by atoms with Crippen molar-refractivity contribution < 1.29 is 9.53 Å². The van der Waals surface area contributed by atoms with E-state index in [1.807, 2.05) is 50.2 Å². The SMILES string of the molecule is Cc1ccccc1CNc1cc(C(=O)Nc2ccccc2OC(C)C)ccn1. The predicted octanol–water partition coefficient (Wildman–Crippen LogP) is 5.04. The Hall–Kier alpha value is -3.34. The van der Waals surface area contributed by atoms with E-state index < -0.39 is 0 Å². The zero-order valence-electron chi connectivity index (χ0n) is 16.4. The molecule has 5 heteroatoms. The Morgan fingerprint density at radius 3 is 2.61 bits per heavy atom. The number of amides is 1. The molecule has 0 aliphatic heterocycles. The van der Waals surface area contributed by atoms with Crippen molar-refractivity contribution in [3.63, 3.8) is 0 Å². The summed E-state index contributed by atoms with van der Waals surface area (Å²) in [6.45, 7) is 6.63. The van der Waals surface area contributed by atoms with Crippen LogP contribution in [0.2, 0.25) is 0 Å². The Morgan fingerprint density at radius 1 is 1.07 bits per heavy atom. The Balaban J connectivity index is 1.70. The van der Waals surface area contributed by atoms with Crippen LogP contribution in [0.1, 0.15) is 35.3 Å². The number of nitrogens with zero attached hydrogens (tertiary/aromatic N) is 1. The third-order valence-electron chi connectivity index (χ3n) is 4.24. The summed E-state index contributed by atoms with van der Waals surface area (Å²) < 4.78 is 5.77. The van der Waals surface area contributed by atoms with Gasteiger partial charge < -0.3 is 15.4 Å². The van der Waals surface area contributed by atoms with Crippen LogP contribution in [0.3, 0.4) is 0 Å². The molecular formula is C23H25N3O2. The Morgan fingerprint density at radius 2 is 1.82 bits per heavy atom. The summed E-state index contributed by atoms with van der Waals surface area (Å²) in [5.74, 6) is 1.10. The quantitative estimate of drug-likeness (QED) is 0.607. The second-order valence-corrected chi connectivity index (χ2v) is 6.83. The van der Waals surface area contributed by atoms with Crippen molar-refractivity contribution in [3.8, 4) is 5.75 Å². The molecule has 0 spiro atoms. The summed E-state index contributed by atoms with van der Waals surface area (Å²) in [4.78, 5) is 17.0. The number of carbonyl (C=O) groups is 1. The number of benzene rings is 2. The number of hydrogen-bond donors (Lipinski definition) is 2. The standard InChI is InChI=1S/C23H25N3O2/c1-16(2)28-21-11-7-6-10-20(21)26-23(27)18-12-13-24-22(14-18)25-15-19-9-5-4-8-17(19)3/h4-14,16H,15H2,1-3H3,(H,24,25)(H,26,27). The van der Waals surface area contributed by atoms with E-state index in [0.29, 0.717) is 29.4 Å². The molecule has 5 nitrogen and oxygen atoms in total. The van der Waals surface area contributed by atoms with Crippen LogP contribution in [-0.4, -0.2) is 17.0 Å². The van der Waals surface area contributed by atoms with Gasteiger partial charge in [-0.1, -0.05) is 36.4 Å². The molecule has 1 amide bonds. The van der Waals surface area contributed by atoms with Crippen molar-refractivity contribution in [2.75, 3.05) is 10.6 Å². The van der Waals surface area contributed by atoms with Crippen LogP contribution in [0.25, 0.3) is 0 Å². The molecule has 0 aliphatic carbocycles. The predicted molar refractivity (Wildman–Crippen MR) is 113 cm³/mol. The number of pyridine rings is 1. The monoisotopic (exact) mass is 375 g/mol. The molecule has 1 heterocycles. The summed E-state index contributed by atoms with van der Waals surface area (Å²) in [6, 6.07) is 19.0. The van der Waals surface area contributed by atoms with Crippen LogP contribution in [0.4, 0.5) is 11.5 Å². The van der Waals surface area contributed by atoms with Crippen LogP contribution < -0.4 is 15.4 Å².